The van der Waals surface area contributed by atoms with Crippen LogP contribution in [0.15, 0.2) is 0 Å². The van der Waals surface area contributed by atoms with Gasteiger partial charge in [-0.1, -0.05) is 6.92 Å². The highest BCUT2D eigenvalue weighted by atomic mass is 31.2. The Labute approximate surface area is 102 Å². The third kappa shape index (κ3) is 2.76. The van der Waals surface area contributed by atoms with E-state index in [-0.39, 0.29) is 11.8 Å². The largest absolute Gasteiger partial charge is 0.450 e. The lowest BCUT2D eigenvalue weighted by molar-refractivity contribution is 0.287. The Bertz CT molecular complexity index is 621. The van der Waals surface area contributed by atoms with Gasteiger partial charge in [-0.3, -0.25) is 4.57 Å². The molecule has 10 heteroatoms. The monoisotopic (exact) mass is 273 g/mol. The third-order valence-electron chi connectivity index (χ3n) is 2.10. The number of H-pyrrole nitrogens is 1. The van der Waals surface area contributed by atoms with Crippen LogP contribution in [0.3, 0.4) is 0 Å². The quantitative estimate of drug-likeness (QED) is 0.569. The summed E-state index contributed by atoms with van der Waals surface area (Å²) < 4.78 is 15.4. The smallest absolute Gasteiger partial charge is 0.362 e. The van der Waals surface area contributed by atoms with Crippen LogP contribution in [0.1, 0.15) is 12.7 Å². The average Bonchev–Trinajstić information content (AvgIpc) is 2.69. The lowest BCUT2D eigenvalue weighted by Crippen LogP contribution is -2.04. The van der Waals surface area contributed by atoms with Crippen LogP contribution in [-0.2, 0) is 11.0 Å². The van der Waals surface area contributed by atoms with Crippen LogP contribution in [0.25, 0.3) is 11.2 Å². The van der Waals surface area contributed by atoms with Crippen LogP contribution in [-0.4, -0.2) is 36.1 Å². The number of hydrogen-bond donors (Lipinski definition) is 4. The second kappa shape index (κ2) is 4.52. The molecule has 98 valence electrons. The lowest BCUT2D eigenvalue weighted by atomic mass is 10.5. The van der Waals surface area contributed by atoms with Gasteiger partial charge in [0.2, 0.25) is 0 Å². The zero-order chi connectivity index (χ0) is 13.3. The van der Waals surface area contributed by atoms with Gasteiger partial charge < -0.3 is 25.2 Å². The fourth-order valence-corrected chi connectivity index (χ4v) is 1.60. The lowest BCUT2D eigenvalue weighted by Gasteiger charge is -2.05. The van der Waals surface area contributed by atoms with E-state index in [1.807, 2.05) is 6.92 Å². The summed E-state index contributed by atoms with van der Waals surface area (Å²) in [7, 11) is -4.28. The van der Waals surface area contributed by atoms with E-state index in [2.05, 4.69) is 19.9 Å². The number of fused-ring (bicyclic) bond motifs is 1. The van der Waals surface area contributed by atoms with Crippen LogP contribution in [0, 0.1) is 0 Å². The molecule has 0 saturated carbocycles. The molecule has 0 spiro atoms. The number of nitrogens with one attached hydrogen (secondary N) is 1. The van der Waals surface area contributed by atoms with Crippen molar-refractivity contribution in [2.24, 2.45) is 0 Å². The SMILES string of the molecule is CCc1nc2nc(OCP(=O)(O)O)nc(N)c2[nH]1. The molecule has 0 aliphatic heterocycles. The highest BCUT2D eigenvalue weighted by molar-refractivity contribution is 7.51. The number of aromatic nitrogens is 4. The molecule has 5 N–H and O–H groups in total. The van der Waals surface area contributed by atoms with E-state index in [0.717, 1.165) is 0 Å². The van der Waals surface area contributed by atoms with Gasteiger partial charge in [0.25, 0.3) is 0 Å². The molecule has 0 aromatic carbocycles. The van der Waals surface area contributed by atoms with Crippen molar-refractivity contribution in [3.63, 3.8) is 0 Å². The highest BCUT2D eigenvalue weighted by Crippen LogP contribution is 2.34. The number of nitrogens with two attached hydrogens (primary N) is 1. The van der Waals surface area contributed by atoms with Crippen molar-refractivity contribution in [2.45, 2.75) is 13.3 Å². The third-order valence-corrected chi connectivity index (χ3v) is 2.57. The van der Waals surface area contributed by atoms with Gasteiger partial charge in [0.1, 0.15) is 11.3 Å². The fourth-order valence-electron chi connectivity index (χ4n) is 1.32. The van der Waals surface area contributed by atoms with Gasteiger partial charge in [0, 0.05) is 6.42 Å². The van der Waals surface area contributed by atoms with Gasteiger partial charge in [-0.25, -0.2) is 4.98 Å². The van der Waals surface area contributed by atoms with E-state index in [0.29, 0.717) is 23.4 Å². The number of rotatable bonds is 4. The second-order valence-electron chi connectivity index (χ2n) is 3.57. The van der Waals surface area contributed by atoms with Gasteiger partial charge in [-0.2, -0.15) is 9.97 Å². The number of nitrogens with zero attached hydrogens (tertiary/aromatic N) is 3. The Morgan fingerprint density at radius 3 is 2.72 bits per heavy atom. The fraction of sp³-hybridized carbons (Fsp3) is 0.375. The van der Waals surface area contributed by atoms with Crippen molar-refractivity contribution in [2.75, 3.05) is 12.1 Å². The number of aryl methyl sites for hydroxylation is 1. The number of aromatic amines is 1. The van der Waals surface area contributed by atoms with Gasteiger partial charge in [0.05, 0.1) is 0 Å². The van der Waals surface area contributed by atoms with Crippen molar-refractivity contribution < 1.29 is 19.1 Å². The van der Waals surface area contributed by atoms with E-state index < -0.39 is 13.9 Å². The summed E-state index contributed by atoms with van der Waals surface area (Å²) in [5.74, 6) is 0.811. The van der Waals surface area contributed by atoms with Crippen LogP contribution in [0.4, 0.5) is 5.82 Å². The predicted molar refractivity (Wildman–Crippen MR) is 63.0 cm³/mol. The molecule has 0 amide bonds. The predicted octanol–water partition coefficient (Wildman–Crippen LogP) is 0.0115. The van der Waals surface area contributed by atoms with E-state index in [1.165, 1.54) is 0 Å². The molecule has 0 radical (unpaired) electrons. The number of nitrogen functional groups attached to an aromatic ring is 1. The summed E-state index contributed by atoms with van der Waals surface area (Å²) in [5.41, 5.74) is 6.46. The molecule has 0 atom stereocenters. The minimum Gasteiger partial charge on any atom is -0.450 e. The normalized spacial score (nSPS) is 11.9. The van der Waals surface area contributed by atoms with E-state index in [4.69, 9.17) is 20.3 Å². The Kier molecular flexibility index (Phi) is 3.20. The highest BCUT2D eigenvalue weighted by Gasteiger charge is 2.17. The Morgan fingerprint density at radius 2 is 2.11 bits per heavy atom. The zero-order valence-corrected chi connectivity index (χ0v) is 10.4. The van der Waals surface area contributed by atoms with Crippen LogP contribution in [0.5, 0.6) is 6.01 Å². The molecule has 0 unspecified atom stereocenters. The standard InChI is InChI=1S/C8H12N5O4P/c1-2-4-10-5-6(9)12-8(13-7(5)11-4)17-3-18(14,15)16/h2-3H2,1H3,(H2,14,15,16)(H3,9,10,11,12,13). The molecule has 2 rings (SSSR count). The van der Waals surface area contributed by atoms with E-state index in [9.17, 15) is 4.57 Å². The maximum absolute atomic E-state index is 10.7. The Hall–Kier alpha value is -1.70. The maximum Gasteiger partial charge on any atom is 0.362 e. The summed E-state index contributed by atoms with van der Waals surface area (Å²) in [5, 5.41) is 0. The van der Waals surface area contributed by atoms with E-state index >= 15 is 0 Å². The van der Waals surface area contributed by atoms with Gasteiger partial charge in [0.15, 0.2) is 17.8 Å². The molecule has 0 bridgehead atoms. The van der Waals surface area contributed by atoms with Crippen molar-refractivity contribution in [3.05, 3.63) is 5.82 Å². The van der Waals surface area contributed by atoms with E-state index in [1.54, 1.807) is 0 Å². The zero-order valence-electron chi connectivity index (χ0n) is 9.49. The first-order valence-corrected chi connectivity index (χ1v) is 6.88. The number of ether oxygens (including phenoxy) is 1. The molecular formula is C8H12N5O4P. The van der Waals surface area contributed by atoms with Crippen LogP contribution >= 0.6 is 7.60 Å². The van der Waals surface area contributed by atoms with Crippen LogP contribution < -0.4 is 10.5 Å². The minimum atomic E-state index is -4.28. The molecule has 0 aliphatic carbocycles. The minimum absolute atomic E-state index is 0.118. The van der Waals surface area contributed by atoms with Gasteiger partial charge in [-0.15, -0.1) is 0 Å². The first-order chi connectivity index (χ1) is 8.39. The molecule has 0 saturated heterocycles. The molecule has 2 aromatic rings. The summed E-state index contributed by atoms with van der Waals surface area (Å²) in [6, 6.07) is -0.211. The van der Waals surface area contributed by atoms with Crippen molar-refractivity contribution in [3.8, 4) is 6.01 Å². The van der Waals surface area contributed by atoms with Crippen molar-refractivity contribution in [1.29, 1.82) is 0 Å². The first kappa shape index (κ1) is 12.7. The van der Waals surface area contributed by atoms with Gasteiger partial charge in [-0.05, 0) is 0 Å². The van der Waals surface area contributed by atoms with Crippen LogP contribution in [0.2, 0.25) is 0 Å². The van der Waals surface area contributed by atoms with Crippen molar-refractivity contribution in [1.82, 2.24) is 19.9 Å². The van der Waals surface area contributed by atoms with Crippen molar-refractivity contribution >= 4 is 24.6 Å². The Balaban J connectivity index is 2.33. The summed E-state index contributed by atoms with van der Waals surface area (Å²) in [6.07, 6.45) is -0.128. The Morgan fingerprint density at radius 1 is 1.39 bits per heavy atom. The molecule has 2 aromatic heterocycles. The topological polar surface area (TPSA) is 147 Å². The molecule has 18 heavy (non-hydrogen) atoms. The molecule has 0 fully saturated rings. The molecular weight excluding hydrogens is 261 g/mol. The maximum atomic E-state index is 10.7. The number of hydrogen-bond acceptors (Lipinski definition) is 6. The number of anilines is 1. The summed E-state index contributed by atoms with van der Waals surface area (Å²) >= 11 is 0. The number of imidazole rings is 1. The molecule has 9 nitrogen and oxygen atoms in total. The molecule has 0 aliphatic rings. The summed E-state index contributed by atoms with van der Waals surface area (Å²) in [4.78, 5) is 32.1. The average molecular weight is 273 g/mol. The summed E-state index contributed by atoms with van der Waals surface area (Å²) in [6.45, 7) is 1.91. The second-order valence-corrected chi connectivity index (χ2v) is 5.15. The molecule has 2 heterocycles. The van der Waals surface area contributed by atoms with Gasteiger partial charge >= 0.3 is 13.6 Å². The first-order valence-electron chi connectivity index (χ1n) is 5.08.